The third kappa shape index (κ3) is 3.56. The predicted molar refractivity (Wildman–Crippen MR) is 63.9 cm³/mol. The summed E-state index contributed by atoms with van der Waals surface area (Å²) in [7, 11) is 0. The van der Waals surface area contributed by atoms with Gasteiger partial charge in [-0.1, -0.05) is 30.3 Å². The fraction of sp³-hybridized carbons (Fsp3) is 0.417. The summed E-state index contributed by atoms with van der Waals surface area (Å²) in [5, 5.41) is 7.81. The van der Waals surface area contributed by atoms with Crippen molar-refractivity contribution in [1.29, 1.82) is 5.41 Å². The van der Waals surface area contributed by atoms with Crippen molar-refractivity contribution in [2.45, 2.75) is 19.3 Å². The zero-order valence-corrected chi connectivity index (χ0v) is 9.63. The molecule has 2 nitrogen and oxygen atoms in total. The highest BCUT2D eigenvalue weighted by atomic mass is 35.5. The van der Waals surface area contributed by atoms with Gasteiger partial charge in [-0.25, -0.2) is 0 Å². The molecule has 0 aliphatic carbocycles. The molecule has 0 radical (unpaired) electrons. The van der Waals surface area contributed by atoms with Crippen LogP contribution in [0.5, 0.6) is 0 Å². The van der Waals surface area contributed by atoms with Gasteiger partial charge in [0.2, 0.25) is 0 Å². The van der Waals surface area contributed by atoms with Gasteiger partial charge in [0.15, 0.2) is 5.90 Å². The third-order valence-corrected chi connectivity index (χ3v) is 2.43. The van der Waals surface area contributed by atoms with Crippen molar-refractivity contribution in [1.82, 2.24) is 0 Å². The summed E-state index contributed by atoms with van der Waals surface area (Å²) in [6.07, 6.45) is 0.740. The lowest BCUT2D eigenvalue weighted by atomic mass is 9.96. The minimum atomic E-state index is -0.0105. The van der Waals surface area contributed by atoms with Crippen LogP contribution >= 0.6 is 11.6 Å². The molecule has 82 valence electrons. The second-order valence-corrected chi connectivity index (χ2v) is 3.62. The zero-order chi connectivity index (χ0) is 11.1. The van der Waals surface area contributed by atoms with Crippen LogP contribution in [0.1, 0.15) is 24.8 Å². The summed E-state index contributed by atoms with van der Waals surface area (Å²) in [5.41, 5.74) is 1.09. The van der Waals surface area contributed by atoms with Gasteiger partial charge >= 0.3 is 0 Å². The maximum atomic E-state index is 7.81. The SMILES string of the molecule is CCOC(=N)C(CCCl)c1ccccc1. The summed E-state index contributed by atoms with van der Waals surface area (Å²) >= 11 is 5.74. The minimum Gasteiger partial charge on any atom is -0.481 e. The van der Waals surface area contributed by atoms with Crippen molar-refractivity contribution < 1.29 is 4.74 Å². The molecule has 1 N–H and O–H groups in total. The Kier molecular flexibility index (Phi) is 5.19. The van der Waals surface area contributed by atoms with Crippen molar-refractivity contribution in [2.75, 3.05) is 12.5 Å². The second kappa shape index (κ2) is 6.46. The molecule has 1 aromatic rings. The van der Waals surface area contributed by atoms with E-state index in [1.807, 2.05) is 37.3 Å². The van der Waals surface area contributed by atoms with Crippen molar-refractivity contribution in [3.05, 3.63) is 35.9 Å². The Bertz CT molecular complexity index is 300. The quantitative estimate of drug-likeness (QED) is 0.465. The molecule has 0 heterocycles. The van der Waals surface area contributed by atoms with E-state index >= 15 is 0 Å². The summed E-state index contributed by atoms with van der Waals surface area (Å²) < 4.78 is 5.24. The van der Waals surface area contributed by atoms with E-state index in [0.717, 1.165) is 12.0 Å². The van der Waals surface area contributed by atoms with Crippen molar-refractivity contribution in [3.8, 4) is 0 Å². The Labute approximate surface area is 95.7 Å². The standard InChI is InChI=1S/C12H16ClNO/c1-2-15-12(14)11(8-9-13)10-6-4-3-5-7-10/h3-7,11,14H,2,8-9H2,1H3. The maximum Gasteiger partial charge on any atom is 0.188 e. The average Bonchev–Trinajstić information content (AvgIpc) is 2.27. The highest BCUT2D eigenvalue weighted by Gasteiger charge is 2.17. The lowest BCUT2D eigenvalue weighted by Crippen LogP contribution is -2.15. The van der Waals surface area contributed by atoms with Crippen LogP contribution in [-0.2, 0) is 4.74 Å². The number of hydrogen-bond acceptors (Lipinski definition) is 2. The van der Waals surface area contributed by atoms with Crippen LogP contribution in [0, 0.1) is 5.41 Å². The average molecular weight is 226 g/mol. The third-order valence-electron chi connectivity index (χ3n) is 2.22. The number of rotatable bonds is 5. The molecule has 0 spiro atoms. The number of hydrogen-bond donors (Lipinski definition) is 1. The van der Waals surface area contributed by atoms with Gasteiger partial charge in [0.1, 0.15) is 0 Å². The van der Waals surface area contributed by atoms with Gasteiger partial charge in [0.25, 0.3) is 0 Å². The van der Waals surface area contributed by atoms with Crippen LogP contribution in [0.4, 0.5) is 0 Å². The van der Waals surface area contributed by atoms with Gasteiger partial charge < -0.3 is 4.74 Å². The van der Waals surface area contributed by atoms with E-state index in [1.165, 1.54) is 0 Å². The number of halogens is 1. The molecule has 0 fully saturated rings. The first-order valence-electron chi connectivity index (χ1n) is 5.11. The molecule has 0 saturated heterocycles. The lowest BCUT2D eigenvalue weighted by molar-refractivity contribution is 0.307. The smallest absolute Gasteiger partial charge is 0.188 e. The molecular weight excluding hydrogens is 210 g/mol. The van der Waals surface area contributed by atoms with Crippen LogP contribution in [0.2, 0.25) is 0 Å². The molecule has 0 aliphatic rings. The molecule has 1 atom stereocenters. The van der Waals surface area contributed by atoms with E-state index in [2.05, 4.69) is 0 Å². The highest BCUT2D eigenvalue weighted by molar-refractivity contribution is 6.18. The Morgan fingerprint density at radius 1 is 1.40 bits per heavy atom. The normalized spacial score (nSPS) is 12.1. The molecule has 0 bridgehead atoms. The van der Waals surface area contributed by atoms with Crippen molar-refractivity contribution in [3.63, 3.8) is 0 Å². The van der Waals surface area contributed by atoms with Crippen molar-refractivity contribution >= 4 is 17.5 Å². The van der Waals surface area contributed by atoms with E-state index in [1.54, 1.807) is 0 Å². The van der Waals surface area contributed by atoms with Gasteiger partial charge in [-0.3, -0.25) is 5.41 Å². The molecule has 3 heteroatoms. The van der Waals surface area contributed by atoms with E-state index in [9.17, 15) is 0 Å². The zero-order valence-electron chi connectivity index (χ0n) is 8.87. The molecule has 1 unspecified atom stereocenters. The molecule has 1 rings (SSSR count). The minimum absolute atomic E-state index is 0.0105. The van der Waals surface area contributed by atoms with Crippen molar-refractivity contribution in [2.24, 2.45) is 0 Å². The Balaban J connectivity index is 2.78. The van der Waals surface area contributed by atoms with E-state index in [-0.39, 0.29) is 5.92 Å². The Morgan fingerprint density at radius 2 is 2.07 bits per heavy atom. The fourth-order valence-corrected chi connectivity index (χ4v) is 1.72. The second-order valence-electron chi connectivity index (χ2n) is 3.24. The molecule has 0 amide bonds. The number of nitrogens with one attached hydrogen (secondary N) is 1. The summed E-state index contributed by atoms with van der Waals surface area (Å²) in [5.74, 6) is 0.836. The fourth-order valence-electron chi connectivity index (χ4n) is 1.50. The number of benzene rings is 1. The van der Waals surface area contributed by atoms with E-state index in [0.29, 0.717) is 18.4 Å². The van der Waals surface area contributed by atoms with E-state index in [4.69, 9.17) is 21.7 Å². The molecule has 0 aliphatic heterocycles. The van der Waals surface area contributed by atoms with E-state index < -0.39 is 0 Å². The number of alkyl halides is 1. The predicted octanol–water partition coefficient (Wildman–Crippen LogP) is 3.41. The van der Waals surface area contributed by atoms with Crippen LogP contribution in [0.3, 0.4) is 0 Å². The molecule has 1 aromatic carbocycles. The monoisotopic (exact) mass is 225 g/mol. The first-order chi connectivity index (χ1) is 7.29. The largest absolute Gasteiger partial charge is 0.481 e. The van der Waals surface area contributed by atoms with Crippen LogP contribution in [-0.4, -0.2) is 18.4 Å². The van der Waals surface area contributed by atoms with Crippen LogP contribution in [0.15, 0.2) is 30.3 Å². The summed E-state index contributed by atoms with van der Waals surface area (Å²) in [4.78, 5) is 0. The van der Waals surface area contributed by atoms with Gasteiger partial charge in [-0.15, -0.1) is 11.6 Å². The molecule has 0 aromatic heterocycles. The molecule has 0 saturated carbocycles. The molecular formula is C12H16ClNO. The molecule has 15 heavy (non-hydrogen) atoms. The van der Waals surface area contributed by atoms with Crippen LogP contribution < -0.4 is 0 Å². The topological polar surface area (TPSA) is 33.1 Å². The Hall–Kier alpha value is -1.02. The van der Waals surface area contributed by atoms with Gasteiger partial charge in [-0.05, 0) is 18.9 Å². The number of ether oxygens (including phenoxy) is 1. The van der Waals surface area contributed by atoms with Gasteiger partial charge in [-0.2, -0.15) is 0 Å². The first-order valence-corrected chi connectivity index (χ1v) is 5.65. The summed E-state index contributed by atoms with van der Waals surface area (Å²) in [6.45, 7) is 2.42. The lowest BCUT2D eigenvalue weighted by Gasteiger charge is -2.17. The Morgan fingerprint density at radius 3 is 2.60 bits per heavy atom. The highest BCUT2D eigenvalue weighted by Crippen LogP contribution is 2.21. The van der Waals surface area contributed by atoms with Gasteiger partial charge in [0.05, 0.1) is 12.5 Å². The maximum absolute atomic E-state index is 7.81. The van der Waals surface area contributed by atoms with Crippen LogP contribution in [0.25, 0.3) is 0 Å². The first kappa shape index (κ1) is 12.1. The van der Waals surface area contributed by atoms with Gasteiger partial charge in [0, 0.05) is 5.88 Å². The summed E-state index contributed by atoms with van der Waals surface area (Å²) in [6, 6.07) is 9.91.